The van der Waals surface area contributed by atoms with Crippen LogP contribution in [0.5, 0.6) is 5.75 Å². The molecule has 9 heteroatoms. The molecule has 0 radical (unpaired) electrons. The number of para-hydroxylation sites is 1. The van der Waals surface area contributed by atoms with Gasteiger partial charge in [0.25, 0.3) is 0 Å². The lowest BCUT2D eigenvalue weighted by molar-refractivity contribution is -0.191. The topological polar surface area (TPSA) is 116 Å². The molecule has 0 saturated heterocycles. The van der Waals surface area contributed by atoms with Gasteiger partial charge in [-0.05, 0) is 29.5 Å². The Morgan fingerprint density at radius 2 is 1.62 bits per heavy atom. The molecule has 0 aliphatic rings. The molecule has 0 aliphatic carbocycles. The first-order valence-electron chi connectivity index (χ1n) is 8.36. The van der Waals surface area contributed by atoms with Crippen LogP contribution < -0.4 is 10.1 Å². The van der Waals surface area contributed by atoms with Gasteiger partial charge in [-0.2, -0.15) is 9.59 Å². The minimum absolute atomic E-state index is 0.132. The summed E-state index contributed by atoms with van der Waals surface area (Å²) < 4.78 is 10.5. The average Bonchev–Trinajstić information content (AvgIpc) is 2.71. The minimum atomic E-state index is -0.569. The summed E-state index contributed by atoms with van der Waals surface area (Å²) in [6, 6.07) is 15.7. The van der Waals surface area contributed by atoms with Crippen LogP contribution >= 0.6 is 11.8 Å². The minimum Gasteiger partial charge on any atom is -0.457 e. The first kappa shape index (κ1) is 23.6. The molecule has 2 rings (SSSR count). The second kappa shape index (κ2) is 13.7. The van der Waals surface area contributed by atoms with E-state index >= 15 is 0 Å². The molecule has 152 valence electrons. The van der Waals surface area contributed by atoms with Gasteiger partial charge in [0.05, 0.1) is 0 Å². The molecule has 0 aromatic heterocycles. The Morgan fingerprint density at radius 3 is 2.28 bits per heavy atom. The summed E-state index contributed by atoms with van der Waals surface area (Å²) >= 11 is 0.916. The standard InChI is InChI=1S/C19H19NO5S.CO2/c1-14(21)20-11-12-26-19(23)25-17-10-6-5-9-16(17)18(22)24-13-15-7-3-2-4-8-15;2-1-3/h2-10H,11-13H2,1H3,(H,20,21);. The molecule has 2 aromatic rings. The Hall–Kier alpha value is -3.42. The van der Waals surface area contributed by atoms with Crippen LogP contribution in [0.4, 0.5) is 4.79 Å². The van der Waals surface area contributed by atoms with E-state index in [0.29, 0.717) is 12.3 Å². The van der Waals surface area contributed by atoms with Crippen molar-refractivity contribution in [2.45, 2.75) is 13.5 Å². The van der Waals surface area contributed by atoms with Crippen LogP contribution in [0.3, 0.4) is 0 Å². The summed E-state index contributed by atoms with van der Waals surface area (Å²) in [6.07, 6.45) is 0.250. The van der Waals surface area contributed by atoms with Crippen LogP contribution in [0.25, 0.3) is 0 Å². The molecule has 0 spiro atoms. The number of amides is 1. The maximum Gasteiger partial charge on any atom is 0.373 e. The Balaban J connectivity index is 0.00000132. The van der Waals surface area contributed by atoms with E-state index < -0.39 is 11.3 Å². The van der Waals surface area contributed by atoms with Gasteiger partial charge in [-0.1, -0.05) is 42.5 Å². The van der Waals surface area contributed by atoms with Gasteiger partial charge in [0, 0.05) is 19.2 Å². The van der Waals surface area contributed by atoms with Crippen molar-refractivity contribution in [1.29, 1.82) is 0 Å². The van der Waals surface area contributed by atoms with E-state index in [9.17, 15) is 14.4 Å². The molecule has 1 N–H and O–H groups in total. The summed E-state index contributed by atoms with van der Waals surface area (Å²) in [5.41, 5.74) is 1.04. The number of thioether (sulfide) groups is 1. The molecule has 0 bridgehead atoms. The normalized spacial score (nSPS) is 9.28. The zero-order valence-electron chi connectivity index (χ0n) is 15.6. The largest absolute Gasteiger partial charge is 0.457 e. The molecule has 8 nitrogen and oxygen atoms in total. The van der Waals surface area contributed by atoms with E-state index in [2.05, 4.69) is 5.32 Å². The second-order valence-corrected chi connectivity index (χ2v) is 6.35. The molecule has 29 heavy (non-hydrogen) atoms. The molecule has 0 saturated carbocycles. The highest BCUT2D eigenvalue weighted by atomic mass is 32.2. The Morgan fingerprint density at radius 1 is 1.00 bits per heavy atom. The summed E-state index contributed by atoms with van der Waals surface area (Å²) in [5.74, 6) is -0.215. The highest BCUT2D eigenvalue weighted by molar-refractivity contribution is 8.13. The van der Waals surface area contributed by atoms with Gasteiger partial charge in [-0.3, -0.25) is 4.79 Å². The smallest absolute Gasteiger partial charge is 0.373 e. The van der Waals surface area contributed by atoms with Crippen molar-refractivity contribution >= 4 is 35.1 Å². The van der Waals surface area contributed by atoms with Crippen molar-refractivity contribution in [3.63, 3.8) is 0 Å². The molecular formula is C20H19NO7S. The third-order valence-electron chi connectivity index (χ3n) is 3.21. The maximum absolute atomic E-state index is 12.3. The highest BCUT2D eigenvalue weighted by Crippen LogP contribution is 2.22. The van der Waals surface area contributed by atoms with Crippen LogP contribution in [-0.4, -0.2) is 35.6 Å². The third kappa shape index (κ3) is 9.90. The summed E-state index contributed by atoms with van der Waals surface area (Å²) in [7, 11) is 0. The van der Waals surface area contributed by atoms with Crippen molar-refractivity contribution in [3.05, 3.63) is 65.7 Å². The van der Waals surface area contributed by atoms with E-state index in [1.54, 1.807) is 12.1 Å². The number of esters is 1. The van der Waals surface area contributed by atoms with Crippen LogP contribution in [0.2, 0.25) is 0 Å². The fraction of sp³-hybridized carbons (Fsp3) is 0.200. The number of benzene rings is 2. The van der Waals surface area contributed by atoms with E-state index in [-0.39, 0.29) is 30.0 Å². The van der Waals surface area contributed by atoms with Crippen LogP contribution in [-0.2, 0) is 25.7 Å². The van der Waals surface area contributed by atoms with Crippen LogP contribution in [0.1, 0.15) is 22.8 Å². The molecule has 1 amide bonds. The lowest BCUT2D eigenvalue weighted by atomic mass is 10.2. The van der Waals surface area contributed by atoms with Gasteiger partial charge in [0.15, 0.2) is 0 Å². The lowest BCUT2D eigenvalue weighted by Crippen LogP contribution is -2.23. The molecule has 0 heterocycles. The number of carbonyl (C=O) groups excluding carboxylic acids is 5. The average molecular weight is 417 g/mol. The SMILES string of the molecule is CC(=O)NCCSC(=O)Oc1ccccc1C(=O)OCc1ccccc1.O=C=O. The fourth-order valence-electron chi connectivity index (χ4n) is 2.01. The molecule has 0 fully saturated rings. The predicted molar refractivity (Wildman–Crippen MR) is 104 cm³/mol. The van der Waals surface area contributed by atoms with Crippen LogP contribution in [0, 0.1) is 0 Å². The third-order valence-corrected chi connectivity index (χ3v) is 3.94. The second-order valence-electron chi connectivity index (χ2n) is 5.32. The van der Waals surface area contributed by atoms with Gasteiger partial charge >= 0.3 is 17.4 Å². The zero-order chi connectivity index (χ0) is 21.5. The maximum atomic E-state index is 12.3. The Labute approximate surface area is 171 Å². The molecule has 0 unspecified atom stereocenters. The van der Waals surface area contributed by atoms with Gasteiger partial charge in [-0.25, -0.2) is 9.59 Å². The van der Waals surface area contributed by atoms with E-state index in [1.807, 2.05) is 30.3 Å². The van der Waals surface area contributed by atoms with E-state index in [4.69, 9.17) is 19.1 Å². The van der Waals surface area contributed by atoms with Crippen molar-refractivity contribution < 1.29 is 33.4 Å². The van der Waals surface area contributed by atoms with Crippen LogP contribution in [0.15, 0.2) is 54.6 Å². The Kier molecular flexibility index (Phi) is 11.2. The number of rotatable bonds is 7. The van der Waals surface area contributed by atoms with Gasteiger partial charge in [0.2, 0.25) is 5.91 Å². The monoisotopic (exact) mass is 417 g/mol. The number of ether oxygens (including phenoxy) is 2. The Bertz CT molecular complexity index is 849. The first-order valence-corrected chi connectivity index (χ1v) is 9.35. The molecular weight excluding hydrogens is 398 g/mol. The summed E-state index contributed by atoms with van der Waals surface area (Å²) in [4.78, 5) is 51.2. The highest BCUT2D eigenvalue weighted by Gasteiger charge is 2.16. The lowest BCUT2D eigenvalue weighted by Gasteiger charge is -2.10. The molecule has 2 aromatic carbocycles. The van der Waals surface area contributed by atoms with Crippen molar-refractivity contribution in [2.24, 2.45) is 0 Å². The van der Waals surface area contributed by atoms with Crippen molar-refractivity contribution in [2.75, 3.05) is 12.3 Å². The number of hydrogen-bond donors (Lipinski definition) is 1. The quantitative estimate of drug-likeness (QED) is 0.540. The summed E-state index contributed by atoms with van der Waals surface area (Å²) in [6.45, 7) is 1.89. The van der Waals surface area contributed by atoms with Gasteiger partial charge < -0.3 is 14.8 Å². The van der Waals surface area contributed by atoms with Gasteiger partial charge in [-0.15, -0.1) is 0 Å². The fourth-order valence-corrected chi connectivity index (χ4v) is 2.53. The van der Waals surface area contributed by atoms with Crippen molar-refractivity contribution in [3.8, 4) is 5.75 Å². The predicted octanol–water partition coefficient (Wildman–Crippen LogP) is 2.83. The van der Waals surface area contributed by atoms with E-state index in [1.165, 1.54) is 19.1 Å². The first-order chi connectivity index (χ1) is 14.0. The summed E-state index contributed by atoms with van der Waals surface area (Å²) in [5, 5.41) is 2.03. The number of hydrogen-bond acceptors (Lipinski definition) is 8. The van der Waals surface area contributed by atoms with E-state index in [0.717, 1.165) is 17.3 Å². The zero-order valence-corrected chi connectivity index (χ0v) is 16.4. The van der Waals surface area contributed by atoms with Crippen molar-refractivity contribution in [1.82, 2.24) is 5.32 Å². The number of nitrogens with one attached hydrogen (secondary N) is 1. The number of carbonyl (C=O) groups is 3. The molecule has 0 atom stereocenters. The molecule has 0 aliphatic heterocycles. The van der Waals surface area contributed by atoms with Gasteiger partial charge in [0.1, 0.15) is 17.9 Å².